The molecule has 0 bridgehead atoms. The van der Waals surface area contributed by atoms with Gasteiger partial charge in [-0.25, -0.2) is 13.2 Å². The Morgan fingerprint density at radius 1 is 1.03 bits per heavy atom. The smallest absolute Gasteiger partial charge is 0.327 e. The van der Waals surface area contributed by atoms with Gasteiger partial charge in [-0.1, -0.05) is 29.8 Å². The van der Waals surface area contributed by atoms with Crippen molar-refractivity contribution in [3.05, 3.63) is 53.1 Å². The number of nitrogens with zero attached hydrogens (tertiary/aromatic N) is 2. The molecule has 31 heavy (non-hydrogen) atoms. The first-order chi connectivity index (χ1) is 14.9. The molecule has 2 aliphatic heterocycles. The maximum Gasteiger partial charge on any atom is 0.327 e. The molecule has 2 aromatic rings. The van der Waals surface area contributed by atoms with Crippen LogP contribution in [-0.2, 0) is 19.6 Å². The van der Waals surface area contributed by atoms with E-state index in [1.807, 2.05) is 4.90 Å². The van der Waals surface area contributed by atoms with Crippen LogP contribution in [0.25, 0.3) is 0 Å². The van der Waals surface area contributed by atoms with Crippen LogP contribution >= 0.6 is 11.6 Å². The molecule has 0 unspecified atom stereocenters. The van der Waals surface area contributed by atoms with Gasteiger partial charge < -0.3 is 14.2 Å². The van der Waals surface area contributed by atoms with Crippen molar-refractivity contribution in [2.24, 2.45) is 0 Å². The number of carbonyl (C=O) groups is 1. The highest BCUT2D eigenvalue weighted by molar-refractivity contribution is 7.89. The summed E-state index contributed by atoms with van der Waals surface area (Å²) in [5, 5.41) is 0.462. The Balaban J connectivity index is 1.52. The molecule has 0 amide bonds. The second-order valence-corrected chi connectivity index (χ2v) is 9.54. The topological polar surface area (TPSA) is 85.4 Å². The molecule has 0 saturated carbocycles. The number of halogens is 1. The lowest BCUT2D eigenvalue weighted by Crippen LogP contribution is -2.51. The highest BCUT2D eigenvalue weighted by Gasteiger charge is 2.36. The van der Waals surface area contributed by atoms with Crippen molar-refractivity contribution < 1.29 is 27.4 Å². The maximum atomic E-state index is 13.2. The van der Waals surface area contributed by atoms with E-state index in [0.717, 1.165) is 0 Å². The Morgan fingerprint density at radius 3 is 2.39 bits per heavy atom. The fourth-order valence-electron chi connectivity index (χ4n) is 3.82. The molecule has 0 aromatic heterocycles. The molecule has 8 nitrogen and oxygen atoms in total. The zero-order valence-corrected chi connectivity index (χ0v) is 18.6. The van der Waals surface area contributed by atoms with Crippen molar-refractivity contribution in [1.82, 2.24) is 9.21 Å². The van der Waals surface area contributed by atoms with E-state index in [-0.39, 0.29) is 18.0 Å². The molecule has 1 saturated heterocycles. The Labute approximate surface area is 186 Å². The third-order valence-corrected chi connectivity index (χ3v) is 7.65. The predicted molar refractivity (Wildman–Crippen MR) is 114 cm³/mol. The Kier molecular flexibility index (Phi) is 6.38. The van der Waals surface area contributed by atoms with E-state index >= 15 is 0 Å². The van der Waals surface area contributed by atoms with Gasteiger partial charge >= 0.3 is 5.97 Å². The van der Waals surface area contributed by atoms with Gasteiger partial charge in [0.1, 0.15) is 19.3 Å². The fourth-order valence-corrected chi connectivity index (χ4v) is 5.49. The number of hydrogen-bond acceptors (Lipinski definition) is 7. The number of methoxy groups -OCH3 is 1. The highest BCUT2D eigenvalue weighted by Crippen LogP contribution is 2.34. The minimum absolute atomic E-state index is 0.154. The largest absolute Gasteiger partial charge is 0.486 e. The van der Waals surface area contributed by atoms with Gasteiger partial charge in [0.25, 0.3) is 0 Å². The molecule has 4 rings (SSSR count). The number of ether oxygens (including phenoxy) is 3. The van der Waals surface area contributed by atoms with E-state index in [1.165, 1.54) is 23.5 Å². The number of esters is 1. The van der Waals surface area contributed by atoms with E-state index in [4.69, 9.17) is 25.8 Å². The Bertz CT molecular complexity index is 1070. The zero-order valence-electron chi connectivity index (χ0n) is 17.0. The minimum Gasteiger partial charge on any atom is -0.486 e. The third-order valence-electron chi connectivity index (χ3n) is 5.41. The molecule has 0 radical (unpaired) electrons. The van der Waals surface area contributed by atoms with Crippen molar-refractivity contribution in [3.63, 3.8) is 0 Å². The van der Waals surface area contributed by atoms with Gasteiger partial charge in [-0.2, -0.15) is 4.31 Å². The van der Waals surface area contributed by atoms with Crippen molar-refractivity contribution in [1.29, 1.82) is 0 Å². The third kappa shape index (κ3) is 4.36. The van der Waals surface area contributed by atoms with Crippen LogP contribution in [0.5, 0.6) is 11.5 Å². The van der Waals surface area contributed by atoms with E-state index in [2.05, 4.69) is 0 Å². The summed E-state index contributed by atoms with van der Waals surface area (Å²) in [4.78, 5) is 14.6. The normalized spacial score (nSPS) is 18.4. The van der Waals surface area contributed by atoms with Gasteiger partial charge in [0, 0.05) is 37.3 Å². The van der Waals surface area contributed by atoms with Gasteiger partial charge in [-0.3, -0.25) is 4.90 Å². The summed E-state index contributed by atoms with van der Waals surface area (Å²) in [5.41, 5.74) is 0.638. The molecular formula is C21H23ClN2O6S. The molecule has 0 spiro atoms. The van der Waals surface area contributed by atoms with Gasteiger partial charge in [0.2, 0.25) is 10.0 Å². The molecule has 2 aliphatic rings. The first kappa shape index (κ1) is 21.9. The summed E-state index contributed by atoms with van der Waals surface area (Å²) in [6.45, 7) is 1.99. The summed E-state index contributed by atoms with van der Waals surface area (Å²) in [6.07, 6.45) is 0. The maximum absolute atomic E-state index is 13.2. The summed E-state index contributed by atoms with van der Waals surface area (Å²) < 4.78 is 43.7. The summed E-state index contributed by atoms with van der Waals surface area (Å²) >= 11 is 6.32. The number of fused-ring (bicyclic) bond motifs is 1. The van der Waals surface area contributed by atoms with Crippen molar-refractivity contribution in [2.45, 2.75) is 10.9 Å². The first-order valence-corrected chi connectivity index (χ1v) is 11.7. The van der Waals surface area contributed by atoms with Crippen LogP contribution in [0, 0.1) is 0 Å². The molecule has 0 aliphatic carbocycles. The minimum atomic E-state index is -3.71. The van der Waals surface area contributed by atoms with Crippen LogP contribution in [0.3, 0.4) is 0 Å². The Hall–Kier alpha value is -2.33. The fraction of sp³-hybridized carbons (Fsp3) is 0.381. The second kappa shape index (κ2) is 9.04. The van der Waals surface area contributed by atoms with Crippen LogP contribution in [0.2, 0.25) is 5.02 Å². The Morgan fingerprint density at radius 2 is 1.71 bits per heavy atom. The quantitative estimate of drug-likeness (QED) is 0.625. The number of piperazine rings is 1. The van der Waals surface area contributed by atoms with Crippen LogP contribution in [0.15, 0.2) is 47.4 Å². The molecule has 166 valence electrons. The van der Waals surface area contributed by atoms with E-state index in [1.54, 1.807) is 30.3 Å². The standard InChI is InChI=1S/C21H23ClN2O6S/c1-28-21(25)20(16-4-2-3-5-17(16)22)23-8-10-24(11-9-23)31(26,27)15-6-7-18-19(14-15)30-13-12-29-18/h2-7,14,20H,8-13H2,1H3/t20-/m0/s1. The molecule has 10 heteroatoms. The predicted octanol–water partition coefficient (Wildman–Crippen LogP) is 2.33. The molecule has 2 heterocycles. The monoisotopic (exact) mass is 466 g/mol. The zero-order chi connectivity index (χ0) is 22.0. The number of sulfonamides is 1. The highest BCUT2D eigenvalue weighted by atomic mass is 35.5. The van der Waals surface area contributed by atoms with Gasteiger partial charge in [-0.05, 0) is 23.8 Å². The molecule has 2 aromatic carbocycles. The number of rotatable bonds is 5. The summed E-state index contributed by atoms with van der Waals surface area (Å²) in [5.74, 6) is 0.530. The van der Waals surface area contributed by atoms with Crippen LogP contribution < -0.4 is 9.47 Å². The lowest BCUT2D eigenvalue weighted by Gasteiger charge is -2.37. The van der Waals surface area contributed by atoms with Crippen LogP contribution in [-0.4, -0.2) is 70.1 Å². The van der Waals surface area contributed by atoms with Crippen LogP contribution in [0.1, 0.15) is 11.6 Å². The number of benzene rings is 2. The number of carbonyl (C=O) groups excluding carboxylic acids is 1. The van der Waals surface area contributed by atoms with Gasteiger partial charge in [-0.15, -0.1) is 0 Å². The van der Waals surface area contributed by atoms with Gasteiger partial charge in [0.05, 0.1) is 12.0 Å². The second-order valence-electron chi connectivity index (χ2n) is 7.19. The van der Waals surface area contributed by atoms with Crippen molar-refractivity contribution in [3.8, 4) is 11.5 Å². The lowest BCUT2D eigenvalue weighted by atomic mass is 10.0. The molecular weight excluding hydrogens is 444 g/mol. The van der Waals surface area contributed by atoms with Crippen molar-refractivity contribution in [2.75, 3.05) is 46.5 Å². The first-order valence-electron chi connectivity index (χ1n) is 9.88. The van der Waals surface area contributed by atoms with Gasteiger partial charge in [0.15, 0.2) is 11.5 Å². The van der Waals surface area contributed by atoms with E-state index in [9.17, 15) is 13.2 Å². The van der Waals surface area contributed by atoms with Crippen molar-refractivity contribution >= 4 is 27.6 Å². The van der Waals surface area contributed by atoms with Crippen LogP contribution in [0.4, 0.5) is 0 Å². The SMILES string of the molecule is COC(=O)[C@H](c1ccccc1Cl)N1CCN(S(=O)(=O)c2ccc3c(c2)OCCO3)CC1. The number of hydrogen-bond donors (Lipinski definition) is 0. The molecule has 1 atom stereocenters. The summed E-state index contributed by atoms with van der Waals surface area (Å²) in [7, 11) is -2.39. The molecule has 1 fully saturated rings. The lowest BCUT2D eigenvalue weighted by molar-refractivity contribution is -0.147. The average Bonchev–Trinajstić information content (AvgIpc) is 2.80. The summed E-state index contributed by atoms with van der Waals surface area (Å²) in [6, 6.07) is 11.0. The average molecular weight is 467 g/mol. The van der Waals surface area contributed by atoms with E-state index < -0.39 is 22.0 Å². The molecule has 0 N–H and O–H groups in total. The van der Waals surface area contributed by atoms with E-state index in [0.29, 0.717) is 48.4 Å².